The molecule has 1 aliphatic heterocycles. The number of rotatable bonds is 3. The normalized spacial score (nSPS) is 16.5. The second-order valence-electron chi connectivity index (χ2n) is 6.37. The van der Waals surface area contributed by atoms with Gasteiger partial charge >= 0.3 is 12.0 Å². The highest BCUT2D eigenvalue weighted by Gasteiger charge is 2.32. The Kier molecular flexibility index (Phi) is 4.77. The van der Waals surface area contributed by atoms with Crippen LogP contribution in [0.5, 0.6) is 0 Å². The Morgan fingerprint density at radius 1 is 1.19 bits per heavy atom. The van der Waals surface area contributed by atoms with Gasteiger partial charge < -0.3 is 15.0 Å². The summed E-state index contributed by atoms with van der Waals surface area (Å²) >= 11 is 1.65. The number of esters is 1. The van der Waals surface area contributed by atoms with Gasteiger partial charge in [-0.15, -0.1) is 11.3 Å². The number of nitrogens with one attached hydrogen (secondary N) is 1. The standard InChI is InChI=1S/C20H19N3O3S/c1-26-19(24)13-8-10-14(11-9-13)21-20(25)23-12-4-6-16(23)18-22-15-5-2-3-7-17(15)27-18/h2-3,5,7-11,16H,4,6,12H2,1H3,(H,21,25). The fraction of sp³-hybridized carbons (Fsp3) is 0.250. The Morgan fingerprint density at radius 3 is 2.70 bits per heavy atom. The molecule has 4 rings (SSSR count). The van der Waals surface area contributed by atoms with E-state index in [4.69, 9.17) is 4.98 Å². The van der Waals surface area contributed by atoms with Crippen molar-refractivity contribution in [1.29, 1.82) is 0 Å². The number of aromatic nitrogens is 1. The van der Waals surface area contributed by atoms with Gasteiger partial charge in [-0.1, -0.05) is 12.1 Å². The van der Waals surface area contributed by atoms with E-state index in [2.05, 4.69) is 16.1 Å². The lowest BCUT2D eigenvalue weighted by Crippen LogP contribution is -2.34. The highest BCUT2D eigenvalue weighted by atomic mass is 32.1. The number of anilines is 1. The molecule has 1 aromatic heterocycles. The summed E-state index contributed by atoms with van der Waals surface area (Å²) in [4.78, 5) is 30.9. The van der Waals surface area contributed by atoms with Gasteiger partial charge in [0.1, 0.15) is 5.01 Å². The third kappa shape index (κ3) is 3.50. The summed E-state index contributed by atoms with van der Waals surface area (Å²) < 4.78 is 5.82. The lowest BCUT2D eigenvalue weighted by atomic mass is 10.2. The first-order valence-corrected chi connectivity index (χ1v) is 9.59. The van der Waals surface area contributed by atoms with E-state index in [9.17, 15) is 9.59 Å². The number of benzene rings is 2. The van der Waals surface area contributed by atoms with Crippen LogP contribution in [-0.2, 0) is 4.74 Å². The van der Waals surface area contributed by atoms with Crippen molar-refractivity contribution in [2.45, 2.75) is 18.9 Å². The molecule has 0 spiro atoms. The summed E-state index contributed by atoms with van der Waals surface area (Å²) in [5.41, 5.74) is 2.06. The van der Waals surface area contributed by atoms with E-state index in [1.165, 1.54) is 7.11 Å². The average Bonchev–Trinajstić information content (AvgIpc) is 3.34. The number of carbonyl (C=O) groups is 2. The molecule has 138 valence electrons. The molecule has 1 N–H and O–H groups in total. The zero-order chi connectivity index (χ0) is 18.8. The van der Waals surface area contributed by atoms with Crippen molar-refractivity contribution in [1.82, 2.24) is 9.88 Å². The monoisotopic (exact) mass is 381 g/mol. The lowest BCUT2D eigenvalue weighted by Gasteiger charge is -2.23. The van der Waals surface area contributed by atoms with E-state index in [0.717, 1.165) is 28.1 Å². The van der Waals surface area contributed by atoms with Gasteiger partial charge in [0.15, 0.2) is 0 Å². The minimum atomic E-state index is -0.400. The van der Waals surface area contributed by atoms with Crippen LogP contribution in [-0.4, -0.2) is 35.5 Å². The predicted octanol–water partition coefficient (Wildman–Crippen LogP) is 4.45. The second kappa shape index (κ2) is 7.36. The zero-order valence-electron chi connectivity index (χ0n) is 14.8. The van der Waals surface area contributed by atoms with Crippen molar-refractivity contribution < 1.29 is 14.3 Å². The number of methoxy groups -OCH3 is 1. The molecule has 27 heavy (non-hydrogen) atoms. The first-order valence-electron chi connectivity index (χ1n) is 8.77. The van der Waals surface area contributed by atoms with E-state index in [1.807, 2.05) is 23.1 Å². The van der Waals surface area contributed by atoms with Crippen molar-refractivity contribution in [2.75, 3.05) is 19.0 Å². The number of hydrogen-bond donors (Lipinski definition) is 1. The maximum absolute atomic E-state index is 12.8. The molecule has 7 heteroatoms. The summed E-state index contributed by atoms with van der Waals surface area (Å²) in [6.45, 7) is 0.701. The van der Waals surface area contributed by atoms with Gasteiger partial charge in [0.2, 0.25) is 0 Å². The van der Waals surface area contributed by atoms with Crippen molar-refractivity contribution in [3.63, 3.8) is 0 Å². The van der Waals surface area contributed by atoms with Gasteiger partial charge in [0.05, 0.1) is 28.9 Å². The fourth-order valence-electron chi connectivity index (χ4n) is 3.30. The first-order chi connectivity index (χ1) is 13.2. The molecule has 1 unspecified atom stereocenters. The molecule has 2 aromatic carbocycles. The van der Waals surface area contributed by atoms with Crippen molar-refractivity contribution in [2.24, 2.45) is 0 Å². The number of thiazole rings is 1. The second-order valence-corrected chi connectivity index (χ2v) is 7.43. The molecule has 0 radical (unpaired) electrons. The Morgan fingerprint density at radius 2 is 1.96 bits per heavy atom. The highest BCUT2D eigenvalue weighted by Crippen LogP contribution is 2.36. The molecular formula is C20H19N3O3S. The topological polar surface area (TPSA) is 71.5 Å². The molecule has 0 bridgehead atoms. The van der Waals surface area contributed by atoms with E-state index < -0.39 is 5.97 Å². The Labute approximate surface area is 160 Å². The molecule has 6 nitrogen and oxygen atoms in total. The first kappa shape index (κ1) is 17.5. The molecule has 0 saturated carbocycles. The molecule has 2 amide bonds. The number of likely N-dealkylation sites (tertiary alicyclic amines) is 1. The predicted molar refractivity (Wildman–Crippen MR) is 105 cm³/mol. The van der Waals surface area contributed by atoms with Crippen molar-refractivity contribution in [3.05, 3.63) is 59.1 Å². The molecule has 2 heterocycles. The minimum Gasteiger partial charge on any atom is -0.465 e. The number of para-hydroxylation sites is 1. The summed E-state index contributed by atoms with van der Waals surface area (Å²) in [6, 6.07) is 14.5. The maximum Gasteiger partial charge on any atom is 0.337 e. The maximum atomic E-state index is 12.8. The minimum absolute atomic E-state index is 0.00302. The van der Waals surface area contributed by atoms with Crippen LogP contribution in [0.4, 0.5) is 10.5 Å². The number of ether oxygens (including phenoxy) is 1. The molecule has 1 aliphatic rings. The van der Waals surface area contributed by atoms with E-state index in [0.29, 0.717) is 17.8 Å². The Hall–Kier alpha value is -2.93. The van der Waals surface area contributed by atoms with Gasteiger partial charge in [-0.05, 0) is 49.2 Å². The van der Waals surface area contributed by atoms with Crippen LogP contribution in [0, 0.1) is 0 Å². The van der Waals surface area contributed by atoms with Crippen molar-refractivity contribution in [3.8, 4) is 0 Å². The van der Waals surface area contributed by atoms with Crippen LogP contribution >= 0.6 is 11.3 Å². The number of fused-ring (bicyclic) bond motifs is 1. The Bertz CT molecular complexity index is 951. The summed E-state index contributed by atoms with van der Waals surface area (Å²) in [5.74, 6) is -0.400. The number of hydrogen-bond acceptors (Lipinski definition) is 5. The molecule has 3 aromatic rings. The van der Waals surface area contributed by atoms with Crippen molar-refractivity contribution >= 4 is 39.2 Å². The number of nitrogens with zero attached hydrogens (tertiary/aromatic N) is 2. The van der Waals surface area contributed by atoms with Crippen LogP contribution in [0.3, 0.4) is 0 Å². The van der Waals surface area contributed by atoms with Crippen LogP contribution in [0.1, 0.15) is 34.2 Å². The van der Waals surface area contributed by atoms with E-state index in [-0.39, 0.29) is 12.1 Å². The number of amides is 2. The third-order valence-corrected chi connectivity index (χ3v) is 5.80. The van der Waals surface area contributed by atoms with Crippen LogP contribution in [0.2, 0.25) is 0 Å². The van der Waals surface area contributed by atoms with Gasteiger partial charge in [-0.25, -0.2) is 14.6 Å². The summed E-state index contributed by atoms with van der Waals surface area (Å²) in [5, 5.41) is 3.89. The molecule has 1 atom stereocenters. The van der Waals surface area contributed by atoms with Gasteiger partial charge in [0.25, 0.3) is 0 Å². The van der Waals surface area contributed by atoms with Crippen LogP contribution in [0.15, 0.2) is 48.5 Å². The Balaban J connectivity index is 1.49. The quantitative estimate of drug-likeness (QED) is 0.680. The van der Waals surface area contributed by atoms with E-state index >= 15 is 0 Å². The molecule has 0 aliphatic carbocycles. The third-order valence-electron chi connectivity index (χ3n) is 4.67. The molecule has 1 saturated heterocycles. The fourth-order valence-corrected chi connectivity index (χ4v) is 4.42. The molecule has 1 fully saturated rings. The van der Waals surface area contributed by atoms with Crippen LogP contribution in [0.25, 0.3) is 10.2 Å². The van der Waals surface area contributed by atoms with E-state index in [1.54, 1.807) is 35.6 Å². The largest absolute Gasteiger partial charge is 0.465 e. The van der Waals surface area contributed by atoms with Crippen LogP contribution < -0.4 is 5.32 Å². The average molecular weight is 381 g/mol. The summed E-state index contributed by atoms with van der Waals surface area (Å²) in [7, 11) is 1.34. The highest BCUT2D eigenvalue weighted by molar-refractivity contribution is 7.18. The molecular weight excluding hydrogens is 362 g/mol. The smallest absolute Gasteiger partial charge is 0.337 e. The lowest BCUT2D eigenvalue weighted by molar-refractivity contribution is 0.0600. The SMILES string of the molecule is COC(=O)c1ccc(NC(=O)N2CCCC2c2nc3ccccc3s2)cc1. The van der Waals surface area contributed by atoms with Gasteiger partial charge in [0, 0.05) is 12.2 Å². The number of urea groups is 1. The van der Waals surface area contributed by atoms with Gasteiger partial charge in [-0.3, -0.25) is 0 Å². The summed E-state index contributed by atoms with van der Waals surface area (Å²) in [6.07, 6.45) is 1.86. The zero-order valence-corrected chi connectivity index (χ0v) is 15.7. The number of carbonyl (C=O) groups excluding carboxylic acids is 2. The van der Waals surface area contributed by atoms with Gasteiger partial charge in [-0.2, -0.15) is 0 Å².